The Balaban J connectivity index is 2.14. The van der Waals surface area contributed by atoms with E-state index in [1.807, 2.05) is 0 Å². The number of hydrogen-bond donors (Lipinski definition) is 1. The van der Waals surface area contributed by atoms with Gasteiger partial charge in [0.25, 0.3) is 0 Å². The number of rotatable bonds is 1. The van der Waals surface area contributed by atoms with Crippen LogP contribution in [-0.2, 0) is 0 Å². The SMILES string of the molecule is N=C1C(=O)c2ccccc2C(=O)[C@H]1c1ccc(F)cc1. The van der Waals surface area contributed by atoms with Crippen LogP contribution in [0.25, 0.3) is 0 Å². The number of nitrogens with one attached hydrogen (secondary N) is 1. The average molecular weight is 267 g/mol. The Bertz CT molecular complexity index is 734. The van der Waals surface area contributed by atoms with Crippen LogP contribution in [0.15, 0.2) is 48.5 Å². The molecule has 0 fully saturated rings. The standard InChI is InChI=1S/C16H10FNO2/c17-10-7-5-9(6-8-10)13-14(18)16(20)12-4-2-1-3-11(12)15(13)19/h1-8,13,18H/t13-/m0/s1. The van der Waals surface area contributed by atoms with Gasteiger partial charge in [0.15, 0.2) is 5.78 Å². The molecule has 20 heavy (non-hydrogen) atoms. The highest BCUT2D eigenvalue weighted by Crippen LogP contribution is 2.30. The Morgan fingerprint density at radius 3 is 2.15 bits per heavy atom. The molecule has 1 aliphatic carbocycles. The van der Waals surface area contributed by atoms with Crippen LogP contribution in [0, 0.1) is 11.2 Å². The molecule has 0 radical (unpaired) electrons. The van der Waals surface area contributed by atoms with Crippen LogP contribution in [0.5, 0.6) is 0 Å². The van der Waals surface area contributed by atoms with Crippen LogP contribution in [0.3, 0.4) is 0 Å². The first-order chi connectivity index (χ1) is 9.59. The molecule has 1 N–H and O–H groups in total. The molecule has 3 rings (SSSR count). The molecule has 4 heteroatoms. The minimum Gasteiger partial charge on any atom is -0.300 e. The van der Waals surface area contributed by atoms with E-state index < -0.39 is 17.5 Å². The van der Waals surface area contributed by atoms with E-state index in [2.05, 4.69) is 0 Å². The molecule has 0 unspecified atom stereocenters. The zero-order chi connectivity index (χ0) is 14.3. The third kappa shape index (κ3) is 1.77. The lowest BCUT2D eigenvalue weighted by Crippen LogP contribution is -2.34. The van der Waals surface area contributed by atoms with Crippen molar-refractivity contribution in [2.75, 3.05) is 0 Å². The van der Waals surface area contributed by atoms with Crippen molar-refractivity contribution < 1.29 is 14.0 Å². The molecule has 2 aromatic carbocycles. The van der Waals surface area contributed by atoms with Crippen molar-refractivity contribution in [1.82, 2.24) is 0 Å². The van der Waals surface area contributed by atoms with Gasteiger partial charge in [-0.2, -0.15) is 0 Å². The summed E-state index contributed by atoms with van der Waals surface area (Å²) in [4.78, 5) is 24.6. The van der Waals surface area contributed by atoms with Crippen molar-refractivity contribution in [2.45, 2.75) is 5.92 Å². The van der Waals surface area contributed by atoms with Crippen LogP contribution >= 0.6 is 0 Å². The van der Waals surface area contributed by atoms with Crippen molar-refractivity contribution >= 4 is 17.3 Å². The Labute approximate surface area is 114 Å². The minimum absolute atomic E-state index is 0.264. The minimum atomic E-state index is -0.946. The molecule has 98 valence electrons. The maximum Gasteiger partial charge on any atom is 0.208 e. The van der Waals surface area contributed by atoms with Crippen LogP contribution in [-0.4, -0.2) is 17.3 Å². The van der Waals surface area contributed by atoms with Crippen molar-refractivity contribution in [3.63, 3.8) is 0 Å². The summed E-state index contributed by atoms with van der Waals surface area (Å²) in [6.07, 6.45) is 0. The van der Waals surface area contributed by atoms with Gasteiger partial charge >= 0.3 is 0 Å². The summed E-state index contributed by atoms with van der Waals surface area (Å²) >= 11 is 0. The van der Waals surface area contributed by atoms with Gasteiger partial charge in [-0.3, -0.25) is 9.59 Å². The maximum atomic E-state index is 13.0. The fourth-order valence-corrected chi connectivity index (χ4v) is 2.43. The van der Waals surface area contributed by atoms with E-state index >= 15 is 0 Å². The molecule has 0 bridgehead atoms. The van der Waals surface area contributed by atoms with E-state index in [0.717, 1.165) is 0 Å². The lowest BCUT2D eigenvalue weighted by atomic mass is 9.77. The molecule has 1 aliphatic rings. The lowest BCUT2D eigenvalue weighted by molar-refractivity contribution is 0.0947. The van der Waals surface area contributed by atoms with Gasteiger partial charge in [-0.25, -0.2) is 4.39 Å². The first-order valence-corrected chi connectivity index (χ1v) is 6.11. The summed E-state index contributed by atoms with van der Waals surface area (Å²) in [5, 5.41) is 7.94. The summed E-state index contributed by atoms with van der Waals surface area (Å²) in [7, 11) is 0. The molecular weight excluding hydrogens is 257 g/mol. The number of Topliss-reactive ketones (excluding diaryl/α,β-unsaturated/α-hetero) is 2. The third-order valence-electron chi connectivity index (χ3n) is 3.44. The van der Waals surface area contributed by atoms with Gasteiger partial charge in [0.2, 0.25) is 5.78 Å². The molecule has 0 spiro atoms. The summed E-state index contributed by atoms with van der Waals surface area (Å²) in [6, 6.07) is 11.8. The summed E-state index contributed by atoms with van der Waals surface area (Å²) in [5.41, 5.74) is 0.785. The molecule has 0 aromatic heterocycles. The number of hydrogen-bond acceptors (Lipinski definition) is 3. The van der Waals surface area contributed by atoms with Crippen LogP contribution in [0.2, 0.25) is 0 Å². The first kappa shape index (κ1) is 12.4. The molecule has 3 nitrogen and oxygen atoms in total. The van der Waals surface area contributed by atoms with Crippen molar-refractivity contribution in [3.8, 4) is 0 Å². The quantitative estimate of drug-likeness (QED) is 0.863. The Kier molecular flexibility index (Phi) is 2.79. The number of ketones is 2. The van der Waals surface area contributed by atoms with Gasteiger partial charge in [-0.15, -0.1) is 0 Å². The smallest absolute Gasteiger partial charge is 0.208 e. The number of carbonyl (C=O) groups is 2. The predicted molar refractivity (Wildman–Crippen MR) is 72.0 cm³/mol. The zero-order valence-corrected chi connectivity index (χ0v) is 10.4. The van der Waals surface area contributed by atoms with Crippen LogP contribution < -0.4 is 0 Å². The topological polar surface area (TPSA) is 58.0 Å². The van der Waals surface area contributed by atoms with E-state index in [1.54, 1.807) is 24.3 Å². The number of halogens is 1. The zero-order valence-electron chi connectivity index (χ0n) is 10.4. The summed E-state index contributed by atoms with van der Waals surface area (Å²) in [5.74, 6) is -2.11. The first-order valence-electron chi connectivity index (χ1n) is 6.11. The van der Waals surface area contributed by atoms with Gasteiger partial charge in [0.05, 0.1) is 11.6 Å². The Morgan fingerprint density at radius 2 is 1.50 bits per heavy atom. The maximum absolute atomic E-state index is 13.0. The molecule has 0 aliphatic heterocycles. The second-order valence-corrected chi connectivity index (χ2v) is 4.64. The van der Waals surface area contributed by atoms with Crippen LogP contribution in [0.1, 0.15) is 32.2 Å². The average Bonchev–Trinajstić information content (AvgIpc) is 2.47. The van der Waals surface area contributed by atoms with Gasteiger partial charge in [-0.05, 0) is 17.7 Å². The fraction of sp³-hybridized carbons (Fsp3) is 0.0625. The third-order valence-corrected chi connectivity index (χ3v) is 3.44. The Morgan fingerprint density at radius 1 is 0.900 bits per heavy atom. The van der Waals surface area contributed by atoms with Gasteiger partial charge in [0.1, 0.15) is 5.82 Å². The van der Waals surface area contributed by atoms with E-state index in [4.69, 9.17) is 5.41 Å². The highest BCUT2D eigenvalue weighted by atomic mass is 19.1. The van der Waals surface area contributed by atoms with Crippen molar-refractivity contribution in [2.24, 2.45) is 0 Å². The van der Waals surface area contributed by atoms with E-state index in [0.29, 0.717) is 11.1 Å². The Hall–Kier alpha value is -2.62. The largest absolute Gasteiger partial charge is 0.300 e. The normalized spacial score (nSPS) is 18.1. The lowest BCUT2D eigenvalue weighted by Gasteiger charge is -2.23. The molecule has 0 amide bonds. The highest BCUT2D eigenvalue weighted by Gasteiger charge is 2.38. The molecule has 0 saturated carbocycles. The van der Waals surface area contributed by atoms with Gasteiger partial charge in [0, 0.05) is 11.1 Å². The monoisotopic (exact) mass is 267 g/mol. The second kappa shape index (κ2) is 4.49. The van der Waals surface area contributed by atoms with Crippen LogP contribution in [0.4, 0.5) is 4.39 Å². The molecular formula is C16H10FNO2. The number of benzene rings is 2. The molecule has 0 saturated heterocycles. The van der Waals surface area contributed by atoms with E-state index in [1.165, 1.54) is 24.3 Å². The highest BCUT2D eigenvalue weighted by molar-refractivity contribution is 6.54. The number of fused-ring (bicyclic) bond motifs is 1. The predicted octanol–water partition coefficient (Wildman–Crippen LogP) is 3.01. The second-order valence-electron chi connectivity index (χ2n) is 4.64. The molecule has 0 heterocycles. The van der Waals surface area contributed by atoms with E-state index in [9.17, 15) is 14.0 Å². The molecule has 2 aromatic rings. The summed E-state index contributed by atoms with van der Waals surface area (Å²) < 4.78 is 13.0. The van der Waals surface area contributed by atoms with Crippen molar-refractivity contribution in [3.05, 3.63) is 71.0 Å². The van der Waals surface area contributed by atoms with Crippen molar-refractivity contribution in [1.29, 1.82) is 5.41 Å². The molecule has 1 atom stereocenters. The number of carbonyl (C=O) groups excluding carboxylic acids is 2. The van der Waals surface area contributed by atoms with E-state index in [-0.39, 0.29) is 17.1 Å². The fourth-order valence-electron chi connectivity index (χ4n) is 2.43. The van der Waals surface area contributed by atoms with Gasteiger partial charge in [-0.1, -0.05) is 36.4 Å². The van der Waals surface area contributed by atoms with Gasteiger partial charge < -0.3 is 5.41 Å². The summed E-state index contributed by atoms with van der Waals surface area (Å²) in [6.45, 7) is 0.